The third-order valence-electron chi connectivity index (χ3n) is 5.36. The topological polar surface area (TPSA) is 103 Å². The maximum atomic E-state index is 13.0. The van der Waals surface area contributed by atoms with Crippen LogP contribution in [0, 0.1) is 6.92 Å². The number of nitrogen functional groups attached to an aromatic ring is 1. The molecule has 2 aromatic heterocycles. The fraction of sp³-hybridized carbons (Fsp3) is 0.333. The number of amides is 1. The van der Waals surface area contributed by atoms with Gasteiger partial charge in [0.1, 0.15) is 11.9 Å². The first-order valence-corrected chi connectivity index (χ1v) is 10.7. The summed E-state index contributed by atoms with van der Waals surface area (Å²) in [7, 11) is 0. The van der Waals surface area contributed by atoms with Crippen molar-refractivity contribution in [2.24, 2.45) is 0 Å². The van der Waals surface area contributed by atoms with E-state index in [1.165, 1.54) is 6.20 Å². The number of nitrogens with two attached hydrogens (primary N) is 1. The lowest BCUT2D eigenvalue weighted by Gasteiger charge is -2.33. The molecular formula is C24H27N5O3. The van der Waals surface area contributed by atoms with Crippen LogP contribution in [0.25, 0.3) is 0 Å². The van der Waals surface area contributed by atoms with Crippen LogP contribution in [-0.4, -0.2) is 52.1 Å². The minimum absolute atomic E-state index is 0.124. The molecule has 0 radical (unpaired) electrons. The molecule has 32 heavy (non-hydrogen) atoms. The standard InChI is InChI=1S/C24H27N5O3/c1-3-31-19-9-7-17(8-10-19)13-18-5-4-6-21(28-18)22-15-29(11-12-32-22)23(30)20-14-26-24(25)27-16(20)2/h4-10,14,22H,3,11-13,15H2,1-2H3,(H2,25,26,27)/t22-/m0/s1. The molecule has 1 fully saturated rings. The second-order valence-electron chi connectivity index (χ2n) is 7.65. The first-order valence-electron chi connectivity index (χ1n) is 10.7. The van der Waals surface area contributed by atoms with Crippen LogP contribution in [0.3, 0.4) is 0 Å². The molecule has 166 valence electrons. The highest BCUT2D eigenvalue weighted by molar-refractivity contribution is 5.95. The average Bonchev–Trinajstić information content (AvgIpc) is 2.80. The molecule has 3 heterocycles. The number of hydrogen-bond acceptors (Lipinski definition) is 7. The Balaban J connectivity index is 1.46. The van der Waals surface area contributed by atoms with Crippen LogP contribution in [0.15, 0.2) is 48.7 Å². The molecule has 0 spiro atoms. The summed E-state index contributed by atoms with van der Waals surface area (Å²) in [6.07, 6.45) is 1.90. The Morgan fingerprint density at radius 2 is 2.03 bits per heavy atom. The van der Waals surface area contributed by atoms with Gasteiger partial charge in [0.15, 0.2) is 0 Å². The lowest BCUT2D eigenvalue weighted by molar-refractivity contribution is -0.0248. The lowest BCUT2D eigenvalue weighted by atomic mass is 10.1. The van der Waals surface area contributed by atoms with Crippen LogP contribution in [0.1, 0.15) is 46.0 Å². The number of ether oxygens (including phenoxy) is 2. The first-order chi connectivity index (χ1) is 15.5. The van der Waals surface area contributed by atoms with E-state index < -0.39 is 0 Å². The minimum Gasteiger partial charge on any atom is -0.494 e. The van der Waals surface area contributed by atoms with Gasteiger partial charge in [-0.25, -0.2) is 9.97 Å². The molecule has 1 aliphatic rings. The van der Waals surface area contributed by atoms with Crippen LogP contribution >= 0.6 is 0 Å². The number of pyridine rings is 1. The number of morpholine rings is 1. The van der Waals surface area contributed by atoms with Gasteiger partial charge in [-0.3, -0.25) is 9.78 Å². The number of aromatic nitrogens is 3. The number of rotatable bonds is 6. The van der Waals surface area contributed by atoms with E-state index in [0.29, 0.717) is 44.0 Å². The third-order valence-corrected chi connectivity index (χ3v) is 5.36. The van der Waals surface area contributed by atoms with Crippen molar-refractivity contribution in [3.63, 3.8) is 0 Å². The van der Waals surface area contributed by atoms with Crippen molar-refractivity contribution in [2.45, 2.75) is 26.4 Å². The molecule has 1 atom stereocenters. The molecule has 0 unspecified atom stereocenters. The number of nitrogens with zero attached hydrogens (tertiary/aromatic N) is 4. The number of carbonyl (C=O) groups is 1. The normalized spacial score (nSPS) is 16.1. The van der Waals surface area contributed by atoms with E-state index in [9.17, 15) is 4.79 Å². The van der Waals surface area contributed by atoms with E-state index in [-0.39, 0.29) is 18.0 Å². The van der Waals surface area contributed by atoms with Gasteiger partial charge in [0.2, 0.25) is 5.95 Å². The SMILES string of the molecule is CCOc1ccc(Cc2cccc([C@@H]3CN(C(=O)c4cnc(N)nc4C)CCO3)n2)cc1. The first kappa shape index (κ1) is 21.7. The van der Waals surface area contributed by atoms with Crippen LogP contribution < -0.4 is 10.5 Å². The molecule has 4 rings (SSSR count). The molecule has 1 aliphatic heterocycles. The van der Waals surface area contributed by atoms with Crippen LogP contribution in [-0.2, 0) is 11.2 Å². The van der Waals surface area contributed by atoms with Crippen molar-refractivity contribution in [2.75, 3.05) is 32.0 Å². The van der Waals surface area contributed by atoms with E-state index in [0.717, 1.165) is 22.7 Å². The van der Waals surface area contributed by atoms with Gasteiger partial charge >= 0.3 is 0 Å². The van der Waals surface area contributed by atoms with Crippen molar-refractivity contribution in [1.29, 1.82) is 0 Å². The molecule has 8 heteroatoms. The van der Waals surface area contributed by atoms with Crippen molar-refractivity contribution in [3.8, 4) is 5.75 Å². The highest BCUT2D eigenvalue weighted by atomic mass is 16.5. The molecule has 8 nitrogen and oxygen atoms in total. The third kappa shape index (κ3) is 5.03. The highest BCUT2D eigenvalue weighted by Crippen LogP contribution is 2.23. The fourth-order valence-electron chi connectivity index (χ4n) is 3.73. The Kier molecular flexibility index (Phi) is 6.61. The summed E-state index contributed by atoms with van der Waals surface area (Å²) in [5.41, 5.74) is 9.55. The molecule has 3 aromatic rings. The monoisotopic (exact) mass is 433 g/mol. The lowest BCUT2D eigenvalue weighted by Crippen LogP contribution is -2.42. The van der Waals surface area contributed by atoms with E-state index in [4.69, 9.17) is 20.2 Å². The van der Waals surface area contributed by atoms with Gasteiger partial charge in [0, 0.05) is 24.9 Å². The Labute approximate surface area is 187 Å². The highest BCUT2D eigenvalue weighted by Gasteiger charge is 2.28. The smallest absolute Gasteiger partial charge is 0.257 e. The van der Waals surface area contributed by atoms with Crippen molar-refractivity contribution < 1.29 is 14.3 Å². The Morgan fingerprint density at radius 3 is 2.78 bits per heavy atom. The predicted molar refractivity (Wildman–Crippen MR) is 120 cm³/mol. The van der Waals surface area contributed by atoms with E-state index in [1.807, 2.05) is 49.4 Å². The average molecular weight is 434 g/mol. The van der Waals surface area contributed by atoms with Gasteiger partial charge in [0.05, 0.1) is 36.7 Å². The maximum Gasteiger partial charge on any atom is 0.257 e. The number of anilines is 1. The fourth-order valence-corrected chi connectivity index (χ4v) is 3.73. The number of aryl methyl sites for hydroxylation is 1. The second kappa shape index (κ2) is 9.74. The molecule has 1 saturated heterocycles. The molecular weight excluding hydrogens is 406 g/mol. The summed E-state index contributed by atoms with van der Waals surface area (Å²) in [6.45, 7) is 5.74. The Bertz CT molecular complexity index is 1090. The van der Waals surface area contributed by atoms with Gasteiger partial charge in [-0.1, -0.05) is 18.2 Å². The van der Waals surface area contributed by atoms with Crippen molar-refractivity contribution in [3.05, 3.63) is 76.9 Å². The quantitative estimate of drug-likeness (QED) is 0.637. The largest absolute Gasteiger partial charge is 0.494 e. The number of hydrogen-bond donors (Lipinski definition) is 1. The van der Waals surface area contributed by atoms with Gasteiger partial charge in [-0.15, -0.1) is 0 Å². The van der Waals surface area contributed by atoms with Crippen LogP contribution in [0.2, 0.25) is 0 Å². The zero-order valence-corrected chi connectivity index (χ0v) is 18.3. The van der Waals surface area contributed by atoms with Crippen molar-refractivity contribution >= 4 is 11.9 Å². The summed E-state index contributed by atoms with van der Waals surface area (Å²) < 4.78 is 11.5. The predicted octanol–water partition coefficient (Wildman–Crippen LogP) is 2.97. The zero-order chi connectivity index (χ0) is 22.5. The van der Waals surface area contributed by atoms with Gasteiger partial charge in [0.25, 0.3) is 5.91 Å². The summed E-state index contributed by atoms with van der Waals surface area (Å²) >= 11 is 0. The summed E-state index contributed by atoms with van der Waals surface area (Å²) in [5, 5.41) is 0. The van der Waals surface area contributed by atoms with Crippen LogP contribution in [0.5, 0.6) is 5.75 Å². The van der Waals surface area contributed by atoms with Gasteiger partial charge in [-0.2, -0.15) is 0 Å². The molecule has 1 amide bonds. The number of carbonyl (C=O) groups excluding carboxylic acids is 1. The summed E-state index contributed by atoms with van der Waals surface area (Å²) in [5.74, 6) is 0.897. The van der Waals surface area contributed by atoms with E-state index in [1.54, 1.807) is 11.8 Å². The molecule has 1 aromatic carbocycles. The second-order valence-corrected chi connectivity index (χ2v) is 7.65. The van der Waals surface area contributed by atoms with Crippen LogP contribution in [0.4, 0.5) is 5.95 Å². The maximum absolute atomic E-state index is 13.0. The van der Waals surface area contributed by atoms with E-state index in [2.05, 4.69) is 9.97 Å². The molecule has 0 bridgehead atoms. The molecule has 2 N–H and O–H groups in total. The summed E-state index contributed by atoms with van der Waals surface area (Å²) in [4.78, 5) is 27.7. The minimum atomic E-state index is -0.289. The Hall–Kier alpha value is -3.52. The summed E-state index contributed by atoms with van der Waals surface area (Å²) in [6, 6.07) is 14.0. The van der Waals surface area contributed by atoms with Gasteiger partial charge in [-0.05, 0) is 43.7 Å². The molecule has 0 aliphatic carbocycles. The van der Waals surface area contributed by atoms with E-state index >= 15 is 0 Å². The zero-order valence-electron chi connectivity index (χ0n) is 18.3. The van der Waals surface area contributed by atoms with Gasteiger partial charge < -0.3 is 20.1 Å². The number of benzene rings is 1. The Morgan fingerprint density at radius 1 is 1.22 bits per heavy atom. The molecule has 0 saturated carbocycles. The van der Waals surface area contributed by atoms with Crippen molar-refractivity contribution in [1.82, 2.24) is 19.9 Å².